The highest BCUT2D eigenvalue weighted by Gasteiger charge is 2.08. The fraction of sp³-hybridized carbons (Fsp3) is 0.778. The summed E-state index contributed by atoms with van der Waals surface area (Å²) in [5.41, 5.74) is 1.29. The van der Waals surface area contributed by atoms with Crippen molar-refractivity contribution in [1.82, 2.24) is 0 Å². The quantitative estimate of drug-likeness (QED) is 0.275. The van der Waals surface area contributed by atoms with Crippen LogP contribution in [-0.4, -0.2) is 6.61 Å². The van der Waals surface area contributed by atoms with E-state index in [1.165, 1.54) is 63.4 Å². The number of aryl methyl sites for hydroxylation is 1. The molecule has 1 nitrogen and oxygen atoms in total. The van der Waals surface area contributed by atoms with Gasteiger partial charge in [0.25, 0.3) is 0 Å². The number of benzene rings is 1. The Balaban J connectivity index is 1.99. The van der Waals surface area contributed by atoms with Gasteiger partial charge in [0, 0.05) is 0 Å². The molecule has 0 N–H and O–H groups in total. The van der Waals surface area contributed by atoms with E-state index in [0.717, 1.165) is 42.4 Å². The van der Waals surface area contributed by atoms with E-state index in [-0.39, 0.29) is 0 Å². The molecule has 3 atom stereocenters. The highest BCUT2D eigenvalue weighted by molar-refractivity contribution is 5.26. The van der Waals surface area contributed by atoms with Crippen molar-refractivity contribution in [2.24, 2.45) is 23.7 Å². The third-order valence-electron chi connectivity index (χ3n) is 6.17. The summed E-state index contributed by atoms with van der Waals surface area (Å²) in [6, 6.07) is 8.39. The number of rotatable bonds is 16. The molecule has 1 aromatic carbocycles. The van der Waals surface area contributed by atoms with Gasteiger partial charge in [0.05, 0.1) is 6.61 Å². The molecule has 1 heteroatoms. The topological polar surface area (TPSA) is 9.23 Å². The van der Waals surface area contributed by atoms with Gasteiger partial charge >= 0.3 is 0 Å². The maximum Gasteiger partial charge on any atom is 0.119 e. The lowest BCUT2D eigenvalue weighted by atomic mass is 9.91. The van der Waals surface area contributed by atoms with Crippen LogP contribution >= 0.6 is 0 Å². The zero-order valence-electron chi connectivity index (χ0n) is 19.8. The van der Waals surface area contributed by atoms with Gasteiger partial charge in [0.15, 0.2) is 0 Å². The Kier molecular flexibility index (Phi) is 13.4. The van der Waals surface area contributed by atoms with Gasteiger partial charge in [-0.1, -0.05) is 110 Å². The van der Waals surface area contributed by atoms with Gasteiger partial charge in [-0.3, -0.25) is 0 Å². The number of hydrogen-bond donors (Lipinski definition) is 0. The van der Waals surface area contributed by atoms with Crippen LogP contribution in [0.1, 0.15) is 104 Å². The molecule has 0 saturated heterocycles. The highest BCUT2D eigenvalue weighted by atomic mass is 16.5. The van der Waals surface area contributed by atoms with E-state index in [9.17, 15) is 0 Å². The first-order valence-corrected chi connectivity index (χ1v) is 12.1. The molecule has 28 heavy (non-hydrogen) atoms. The summed E-state index contributed by atoms with van der Waals surface area (Å²) in [4.78, 5) is 0. The molecule has 0 fully saturated rings. The molecule has 0 saturated carbocycles. The normalized spacial score (nSPS) is 14.8. The maximum atomic E-state index is 5.88. The summed E-state index contributed by atoms with van der Waals surface area (Å²) in [5.74, 6) is 4.44. The van der Waals surface area contributed by atoms with Crippen LogP contribution in [0, 0.1) is 30.6 Å². The molecule has 0 heterocycles. The van der Waals surface area contributed by atoms with Crippen molar-refractivity contribution in [1.29, 1.82) is 0 Å². The Hall–Kier alpha value is -0.980. The van der Waals surface area contributed by atoms with Crippen molar-refractivity contribution >= 4 is 0 Å². The second-order valence-electron chi connectivity index (χ2n) is 9.95. The molecule has 0 spiro atoms. The van der Waals surface area contributed by atoms with Crippen molar-refractivity contribution in [3.8, 4) is 5.75 Å². The molecule has 1 aromatic rings. The van der Waals surface area contributed by atoms with Crippen molar-refractivity contribution in [2.75, 3.05) is 6.61 Å². The van der Waals surface area contributed by atoms with Crippen molar-refractivity contribution < 1.29 is 4.74 Å². The van der Waals surface area contributed by atoms with Crippen LogP contribution in [0.25, 0.3) is 0 Å². The van der Waals surface area contributed by atoms with Gasteiger partial charge in [-0.15, -0.1) is 0 Å². The Morgan fingerprint density at radius 2 is 1.04 bits per heavy atom. The smallest absolute Gasteiger partial charge is 0.119 e. The molecule has 0 aliphatic heterocycles. The minimum atomic E-state index is 0.763. The van der Waals surface area contributed by atoms with Gasteiger partial charge in [0.2, 0.25) is 0 Å². The van der Waals surface area contributed by atoms with E-state index in [1.807, 2.05) is 0 Å². The monoisotopic (exact) mass is 388 g/mol. The van der Waals surface area contributed by atoms with Gasteiger partial charge in [-0.25, -0.2) is 0 Å². The van der Waals surface area contributed by atoms with Crippen LogP contribution in [0.2, 0.25) is 0 Å². The van der Waals surface area contributed by atoms with E-state index in [1.54, 1.807) is 0 Å². The summed E-state index contributed by atoms with van der Waals surface area (Å²) in [6.07, 6.45) is 13.8. The van der Waals surface area contributed by atoms with E-state index in [0.29, 0.717) is 0 Å². The third-order valence-corrected chi connectivity index (χ3v) is 6.17. The first-order valence-electron chi connectivity index (χ1n) is 12.1. The van der Waals surface area contributed by atoms with E-state index >= 15 is 0 Å². The summed E-state index contributed by atoms with van der Waals surface area (Å²) in [6.45, 7) is 14.9. The summed E-state index contributed by atoms with van der Waals surface area (Å²) < 4.78 is 5.88. The molecule has 0 radical (unpaired) electrons. The van der Waals surface area contributed by atoms with Crippen LogP contribution in [0.3, 0.4) is 0 Å². The minimum Gasteiger partial charge on any atom is -0.494 e. The van der Waals surface area contributed by atoms with Gasteiger partial charge < -0.3 is 4.74 Å². The van der Waals surface area contributed by atoms with Crippen LogP contribution in [-0.2, 0) is 0 Å². The largest absolute Gasteiger partial charge is 0.494 e. The second kappa shape index (κ2) is 14.9. The lowest BCUT2D eigenvalue weighted by molar-refractivity contribution is 0.274. The second-order valence-corrected chi connectivity index (χ2v) is 9.95. The van der Waals surface area contributed by atoms with Gasteiger partial charge in [-0.2, -0.15) is 0 Å². The fourth-order valence-corrected chi connectivity index (χ4v) is 3.95. The molecule has 0 aliphatic carbocycles. The SMILES string of the molecule is Cc1ccc(OCCC(C)CCC[C@H](C)CCC[C@H](C)CCCC(C)C)cc1. The zero-order chi connectivity index (χ0) is 20.8. The molecule has 0 amide bonds. The molecule has 1 unspecified atom stereocenters. The summed E-state index contributed by atoms with van der Waals surface area (Å²) in [7, 11) is 0. The van der Waals surface area contributed by atoms with Crippen molar-refractivity contribution in [3.05, 3.63) is 29.8 Å². The first kappa shape index (κ1) is 25.1. The maximum absolute atomic E-state index is 5.88. The molecular formula is C27H48O. The molecule has 0 aromatic heterocycles. The number of hydrogen-bond acceptors (Lipinski definition) is 1. The Labute approximate surface area is 176 Å². The molecule has 0 aliphatic rings. The van der Waals surface area contributed by atoms with Crippen molar-refractivity contribution in [3.63, 3.8) is 0 Å². The summed E-state index contributed by atoms with van der Waals surface area (Å²) in [5, 5.41) is 0. The Bertz CT molecular complexity index is 476. The van der Waals surface area contributed by atoms with E-state index in [2.05, 4.69) is 65.8 Å². The van der Waals surface area contributed by atoms with E-state index in [4.69, 9.17) is 4.74 Å². The van der Waals surface area contributed by atoms with Crippen LogP contribution < -0.4 is 4.74 Å². The molecular weight excluding hydrogens is 340 g/mol. The Morgan fingerprint density at radius 3 is 1.50 bits per heavy atom. The third kappa shape index (κ3) is 13.2. The number of ether oxygens (including phenoxy) is 1. The predicted molar refractivity (Wildman–Crippen MR) is 125 cm³/mol. The zero-order valence-corrected chi connectivity index (χ0v) is 19.8. The predicted octanol–water partition coefficient (Wildman–Crippen LogP) is 8.84. The van der Waals surface area contributed by atoms with Crippen LogP contribution in [0.5, 0.6) is 5.75 Å². The molecule has 0 bridgehead atoms. The standard InChI is InChI=1S/C27H48O/c1-22(2)10-7-11-23(3)12-8-13-24(4)14-9-15-25(5)20-21-28-27-18-16-26(6)17-19-27/h16-19,22-25H,7-15,20-21H2,1-6H3/t23-,24-,25?/m1/s1. The lowest BCUT2D eigenvalue weighted by Crippen LogP contribution is -2.05. The lowest BCUT2D eigenvalue weighted by Gasteiger charge is -2.16. The van der Waals surface area contributed by atoms with Crippen LogP contribution in [0.4, 0.5) is 0 Å². The van der Waals surface area contributed by atoms with Crippen LogP contribution in [0.15, 0.2) is 24.3 Å². The summed E-state index contributed by atoms with van der Waals surface area (Å²) >= 11 is 0. The van der Waals surface area contributed by atoms with Gasteiger partial charge in [0.1, 0.15) is 5.75 Å². The minimum absolute atomic E-state index is 0.763. The first-order chi connectivity index (χ1) is 13.4. The Morgan fingerprint density at radius 1 is 0.607 bits per heavy atom. The van der Waals surface area contributed by atoms with Gasteiger partial charge in [-0.05, 0) is 49.1 Å². The molecule has 1 rings (SSSR count). The van der Waals surface area contributed by atoms with Crippen molar-refractivity contribution in [2.45, 2.75) is 106 Å². The van der Waals surface area contributed by atoms with E-state index < -0.39 is 0 Å². The highest BCUT2D eigenvalue weighted by Crippen LogP contribution is 2.23. The average Bonchev–Trinajstić information content (AvgIpc) is 2.63. The average molecular weight is 389 g/mol. The molecule has 162 valence electrons. The fourth-order valence-electron chi connectivity index (χ4n) is 3.95.